The van der Waals surface area contributed by atoms with Gasteiger partial charge in [-0.1, -0.05) is 0 Å². The summed E-state index contributed by atoms with van der Waals surface area (Å²) in [5, 5.41) is 0. The second-order valence-corrected chi connectivity index (χ2v) is 5.74. The molecule has 1 heterocycles. The van der Waals surface area contributed by atoms with Crippen molar-refractivity contribution in [3.8, 4) is 0 Å². The van der Waals surface area contributed by atoms with Crippen LogP contribution in [0.25, 0.3) is 0 Å². The fourth-order valence-corrected chi connectivity index (χ4v) is 2.65. The molecule has 1 aliphatic rings. The van der Waals surface area contributed by atoms with E-state index in [1.54, 1.807) is 0 Å². The molecule has 0 aromatic carbocycles. The lowest BCUT2D eigenvalue weighted by Crippen LogP contribution is -2.42. The van der Waals surface area contributed by atoms with Crippen LogP contribution in [0.3, 0.4) is 0 Å². The summed E-state index contributed by atoms with van der Waals surface area (Å²) in [5.41, 5.74) is 0. The Balaban J connectivity index is 3.61. The lowest BCUT2D eigenvalue weighted by Gasteiger charge is -2.17. The molecule has 8 nitrogen and oxygen atoms in total. The van der Waals surface area contributed by atoms with Gasteiger partial charge in [-0.2, -0.15) is 16.8 Å². The van der Waals surface area contributed by atoms with Crippen LogP contribution in [0.15, 0.2) is 22.1 Å². The summed E-state index contributed by atoms with van der Waals surface area (Å²) in [4.78, 5) is 6.02. The van der Waals surface area contributed by atoms with E-state index in [2.05, 4.69) is 9.98 Å². The van der Waals surface area contributed by atoms with Crippen molar-refractivity contribution in [2.75, 3.05) is 0 Å². The van der Waals surface area contributed by atoms with Crippen LogP contribution in [0.4, 0.5) is 0 Å². The van der Waals surface area contributed by atoms with Crippen molar-refractivity contribution in [2.45, 2.75) is 4.33 Å². The molecule has 15 heavy (non-hydrogen) atoms. The van der Waals surface area contributed by atoms with Gasteiger partial charge in [0.2, 0.25) is 0 Å². The smallest absolute Gasteiger partial charge is 0.281 e. The Morgan fingerprint density at radius 3 is 1.47 bits per heavy atom. The van der Waals surface area contributed by atoms with Crippen molar-refractivity contribution in [1.29, 1.82) is 0 Å². The van der Waals surface area contributed by atoms with Gasteiger partial charge >= 0.3 is 24.6 Å². The van der Waals surface area contributed by atoms with Gasteiger partial charge in [0.25, 0.3) is 0 Å². The minimum absolute atomic E-state index is 0.786. The molecule has 1 aliphatic heterocycles. The van der Waals surface area contributed by atoms with Crippen molar-refractivity contribution in [2.24, 2.45) is 9.98 Å². The van der Waals surface area contributed by atoms with Gasteiger partial charge in [-0.3, -0.25) is 9.11 Å². The van der Waals surface area contributed by atoms with Crippen LogP contribution in [0, 0.1) is 0 Å². The van der Waals surface area contributed by atoms with Crippen LogP contribution in [0.2, 0.25) is 0 Å². The summed E-state index contributed by atoms with van der Waals surface area (Å²) < 4.78 is 57.6. The average molecular weight is 254 g/mol. The SMILES string of the molecule is O=S(=O)(O)C1(S(=O)(=O)O)N=CC=CC=N1. The van der Waals surface area contributed by atoms with Gasteiger partial charge in [-0.25, -0.2) is 9.98 Å². The fraction of sp³-hybridized carbons (Fsp3) is 0.200. The van der Waals surface area contributed by atoms with E-state index in [1.807, 2.05) is 0 Å². The molecule has 0 aliphatic carbocycles. The highest BCUT2D eigenvalue weighted by atomic mass is 32.3. The monoisotopic (exact) mass is 254 g/mol. The summed E-state index contributed by atoms with van der Waals surface area (Å²) in [7, 11) is -10.5. The van der Waals surface area contributed by atoms with Crippen LogP contribution in [-0.4, -0.2) is 42.7 Å². The van der Waals surface area contributed by atoms with E-state index in [0.717, 1.165) is 12.4 Å². The van der Waals surface area contributed by atoms with Crippen molar-refractivity contribution < 1.29 is 25.9 Å². The molecular weight excluding hydrogens is 248 g/mol. The van der Waals surface area contributed by atoms with Gasteiger partial charge in [0, 0.05) is 12.4 Å². The maximum atomic E-state index is 10.9. The van der Waals surface area contributed by atoms with Gasteiger partial charge in [0.15, 0.2) is 0 Å². The Bertz CT molecular complexity index is 490. The minimum Gasteiger partial charge on any atom is -0.281 e. The molecule has 0 aromatic rings. The van der Waals surface area contributed by atoms with Crippen LogP contribution in [0.1, 0.15) is 0 Å². The first-order chi connectivity index (χ1) is 6.71. The van der Waals surface area contributed by atoms with E-state index in [-0.39, 0.29) is 0 Å². The van der Waals surface area contributed by atoms with Crippen molar-refractivity contribution in [3.05, 3.63) is 12.2 Å². The maximum absolute atomic E-state index is 10.9. The number of hydrogen-bond donors (Lipinski definition) is 2. The average Bonchev–Trinajstić information content (AvgIpc) is 2.25. The molecule has 0 saturated heterocycles. The summed E-state index contributed by atoms with van der Waals surface area (Å²) >= 11 is 0. The van der Waals surface area contributed by atoms with E-state index in [4.69, 9.17) is 9.11 Å². The third-order valence-electron chi connectivity index (χ3n) is 1.43. The lowest BCUT2D eigenvalue weighted by atomic mass is 10.5. The third-order valence-corrected chi connectivity index (χ3v) is 4.46. The Hall–Kier alpha value is -1.10. The van der Waals surface area contributed by atoms with Gasteiger partial charge < -0.3 is 0 Å². The molecule has 0 atom stereocenters. The standard InChI is InChI=1S/C5H6N2O6S2/c8-14(9,10)5(15(11,12)13)6-3-1-2-4-7-5/h1-4H,(H,8,9,10)(H,11,12,13). The molecule has 0 fully saturated rings. The first-order valence-corrected chi connectivity index (χ1v) is 6.28. The highest BCUT2D eigenvalue weighted by Gasteiger charge is 2.55. The highest BCUT2D eigenvalue weighted by Crippen LogP contribution is 2.26. The number of allylic oxidation sites excluding steroid dienone is 2. The van der Waals surface area contributed by atoms with Gasteiger partial charge in [0.05, 0.1) is 0 Å². The molecule has 0 bridgehead atoms. The molecule has 0 unspecified atom stereocenters. The topological polar surface area (TPSA) is 133 Å². The predicted octanol–water partition coefficient (Wildman–Crippen LogP) is -0.915. The Morgan fingerprint density at radius 2 is 1.20 bits per heavy atom. The van der Waals surface area contributed by atoms with Crippen molar-refractivity contribution in [1.82, 2.24) is 0 Å². The van der Waals surface area contributed by atoms with Gasteiger partial charge in [-0.05, 0) is 12.2 Å². The third kappa shape index (κ3) is 1.97. The van der Waals surface area contributed by atoms with Crippen LogP contribution in [-0.2, 0) is 20.2 Å². The number of rotatable bonds is 2. The number of nitrogens with zero attached hydrogens (tertiary/aromatic N) is 2. The van der Waals surface area contributed by atoms with Crippen LogP contribution >= 0.6 is 0 Å². The largest absolute Gasteiger partial charge is 0.405 e. The zero-order chi connectivity index (χ0) is 11.7. The molecule has 0 spiro atoms. The van der Waals surface area contributed by atoms with Crippen LogP contribution < -0.4 is 0 Å². The highest BCUT2D eigenvalue weighted by molar-refractivity contribution is 8.05. The summed E-state index contributed by atoms with van der Waals surface area (Å²) in [6, 6.07) is 0. The van der Waals surface area contributed by atoms with E-state index in [1.165, 1.54) is 12.2 Å². The second kappa shape index (κ2) is 3.48. The van der Waals surface area contributed by atoms with E-state index < -0.39 is 24.6 Å². The summed E-state index contributed by atoms with van der Waals surface area (Å²) in [5.74, 6) is 0. The molecule has 10 heteroatoms. The van der Waals surface area contributed by atoms with Gasteiger partial charge in [-0.15, -0.1) is 0 Å². The lowest BCUT2D eigenvalue weighted by molar-refractivity contribution is 0.428. The first-order valence-electron chi connectivity index (χ1n) is 3.40. The van der Waals surface area contributed by atoms with Crippen molar-refractivity contribution >= 4 is 32.7 Å². The van der Waals surface area contributed by atoms with Crippen LogP contribution in [0.5, 0.6) is 0 Å². The number of aliphatic imine (C=N–C) groups is 2. The molecule has 2 N–H and O–H groups in total. The molecule has 0 radical (unpaired) electrons. The molecule has 0 saturated carbocycles. The molecule has 1 rings (SSSR count). The molecule has 84 valence electrons. The van der Waals surface area contributed by atoms with E-state index in [9.17, 15) is 16.8 Å². The fourth-order valence-electron chi connectivity index (χ4n) is 0.807. The Kier molecular flexibility index (Phi) is 2.78. The van der Waals surface area contributed by atoms with E-state index >= 15 is 0 Å². The second-order valence-electron chi connectivity index (χ2n) is 2.44. The van der Waals surface area contributed by atoms with Gasteiger partial charge in [0.1, 0.15) is 0 Å². The Morgan fingerprint density at radius 1 is 0.867 bits per heavy atom. The number of hydrogen-bond acceptors (Lipinski definition) is 6. The maximum Gasteiger partial charge on any atom is 0.405 e. The predicted molar refractivity (Wildman–Crippen MR) is 52.0 cm³/mol. The summed E-state index contributed by atoms with van der Waals surface area (Å²) in [6.45, 7) is 0. The molecular formula is C5H6N2O6S2. The molecule has 0 aromatic heterocycles. The quantitative estimate of drug-likeness (QED) is 0.612. The summed E-state index contributed by atoms with van der Waals surface area (Å²) in [6.07, 6.45) is 3.94. The normalized spacial score (nSPS) is 20.1. The van der Waals surface area contributed by atoms with E-state index in [0.29, 0.717) is 0 Å². The Labute approximate surface area is 85.6 Å². The van der Waals surface area contributed by atoms with Crippen molar-refractivity contribution in [3.63, 3.8) is 0 Å². The zero-order valence-corrected chi connectivity index (χ0v) is 8.68. The first kappa shape index (κ1) is 12.0. The minimum atomic E-state index is -5.24. The molecule has 0 amide bonds. The zero-order valence-electron chi connectivity index (χ0n) is 7.05.